The number of nitrogens with one attached hydrogen (secondary N) is 1. The van der Waals surface area contributed by atoms with E-state index in [9.17, 15) is 5.11 Å². The minimum Gasteiger partial charge on any atom is -0.508 e. The van der Waals surface area contributed by atoms with E-state index in [0.29, 0.717) is 30.6 Å². The van der Waals surface area contributed by atoms with Crippen molar-refractivity contribution in [3.05, 3.63) is 53.2 Å². The molecule has 1 aromatic heterocycles. The number of aromatic hydroxyl groups is 1. The van der Waals surface area contributed by atoms with Crippen molar-refractivity contribution in [1.82, 2.24) is 10.3 Å². The van der Waals surface area contributed by atoms with Crippen LogP contribution in [0.15, 0.2) is 42.6 Å². The predicted octanol–water partition coefficient (Wildman–Crippen LogP) is 2.61. The molecule has 5 heteroatoms. The number of phenols is 1. The van der Waals surface area contributed by atoms with E-state index in [1.54, 1.807) is 30.5 Å². The first-order chi connectivity index (χ1) is 9.24. The lowest BCUT2D eigenvalue weighted by molar-refractivity contribution is 0.302. The van der Waals surface area contributed by atoms with E-state index in [4.69, 9.17) is 16.3 Å². The van der Waals surface area contributed by atoms with E-state index in [0.717, 1.165) is 5.56 Å². The van der Waals surface area contributed by atoms with Gasteiger partial charge >= 0.3 is 0 Å². The summed E-state index contributed by atoms with van der Waals surface area (Å²) in [6, 6.07) is 10.6. The zero-order valence-electron chi connectivity index (χ0n) is 10.3. The van der Waals surface area contributed by atoms with Gasteiger partial charge in [0.15, 0.2) is 0 Å². The van der Waals surface area contributed by atoms with Gasteiger partial charge in [-0.25, -0.2) is 4.98 Å². The first-order valence-corrected chi connectivity index (χ1v) is 6.35. The summed E-state index contributed by atoms with van der Waals surface area (Å²) in [6.45, 7) is 1.90. The van der Waals surface area contributed by atoms with E-state index in [2.05, 4.69) is 10.3 Å². The number of hydrogen-bond acceptors (Lipinski definition) is 4. The molecule has 1 aromatic carbocycles. The van der Waals surface area contributed by atoms with Gasteiger partial charge < -0.3 is 15.2 Å². The monoisotopic (exact) mass is 278 g/mol. The molecular formula is C14H15ClN2O2. The molecule has 1 heterocycles. The van der Waals surface area contributed by atoms with E-state index < -0.39 is 0 Å². The number of ether oxygens (including phenoxy) is 1. The van der Waals surface area contributed by atoms with Crippen LogP contribution in [0.25, 0.3) is 0 Å². The lowest BCUT2D eigenvalue weighted by Gasteiger charge is -2.07. The van der Waals surface area contributed by atoms with Crippen LogP contribution >= 0.6 is 11.6 Å². The van der Waals surface area contributed by atoms with Gasteiger partial charge in [-0.15, -0.1) is 0 Å². The van der Waals surface area contributed by atoms with E-state index in [1.165, 1.54) is 0 Å². The minimum atomic E-state index is 0.279. The summed E-state index contributed by atoms with van der Waals surface area (Å²) in [5, 5.41) is 13.1. The molecule has 0 aliphatic heterocycles. The smallest absolute Gasteiger partial charge is 0.213 e. The lowest BCUT2D eigenvalue weighted by atomic mass is 10.2. The molecule has 0 aliphatic rings. The van der Waals surface area contributed by atoms with E-state index >= 15 is 0 Å². The van der Waals surface area contributed by atoms with Gasteiger partial charge in [0.1, 0.15) is 12.4 Å². The highest BCUT2D eigenvalue weighted by Crippen LogP contribution is 2.11. The summed E-state index contributed by atoms with van der Waals surface area (Å²) in [7, 11) is 0. The highest BCUT2D eigenvalue weighted by Gasteiger charge is 1.96. The molecular weight excluding hydrogens is 264 g/mol. The maximum atomic E-state index is 9.32. The molecule has 0 atom stereocenters. The van der Waals surface area contributed by atoms with Gasteiger partial charge in [0, 0.05) is 25.4 Å². The van der Waals surface area contributed by atoms with Crippen LogP contribution in [0.3, 0.4) is 0 Å². The molecule has 0 spiro atoms. The number of halogens is 1. The fourth-order valence-electron chi connectivity index (χ4n) is 1.57. The quantitative estimate of drug-likeness (QED) is 0.798. The van der Waals surface area contributed by atoms with E-state index in [1.807, 2.05) is 12.1 Å². The lowest BCUT2D eigenvalue weighted by Crippen LogP contribution is -2.20. The van der Waals surface area contributed by atoms with Crippen molar-refractivity contribution in [2.75, 3.05) is 13.2 Å². The van der Waals surface area contributed by atoms with Gasteiger partial charge in [0.2, 0.25) is 5.88 Å². The first-order valence-electron chi connectivity index (χ1n) is 5.97. The van der Waals surface area contributed by atoms with E-state index in [-0.39, 0.29) is 5.75 Å². The Morgan fingerprint density at radius 2 is 2.16 bits per heavy atom. The minimum absolute atomic E-state index is 0.279. The van der Waals surface area contributed by atoms with Crippen molar-refractivity contribution in [1.29, 1.82) is 0 Å². The molecule has 19 heavy (non-hydrogen) atoms. The second kappa shape index (κ2) is 6.97. The number of benzene rings is 1. The molecule has 0 saturated heterocycles. The van der Waals surface area contributed by atoms with Crippen molar-refractivity contribution >= 4 is 11.6 Å². The van der Waals surface area contributed by atoms with Crippen molar-refractivity contribution in [2.45, 2.75) is 6.54 Å². The zero-order valence-corrected chi connectivity index (χ0v) is 11.1. The summed E-state index contributed by atoms with van der Waals surface area (Å²) in [5.74, 6) is 0.837. The normalized spacial score (nSPS) is 10.4. The summed E-state index contributed by atoms with van der Waals surface area (Å²) < 4.78 is 5.44. The summed E-state index contributed by atoms with van der Waals surface area (Å²) in [5.41, 5.74) is 1.03. The SMILES string of the molecule is Oc1cccc(CNCCOc2ccc(Cl)cn2)c1. The van der Waals surface area contributed by atoms with Crippen molar-refractivity contribution in [2.24, 2.45) is 0 Å². The van der Waals surface area contributed by atoms with Crippen molar-refractivity contribution < 1.29 is 9.84 Å². The van der Waals surface area contributed by atoms with Gasteiger partial charge in [-0.3, -0.25) is 0 Å². The largest absolute Gasteiger partial charge is 0.508 e. The molecule has 100 valence electrons. The summed E-state index contributed by atoms with van der Waals surface area (Å²) >= 11 is 5.73. The van der Waals surface area contributed by atoms with Crippen LogP contribution in [0.1, 0.15) is 5.56 Å². The average molecular weight is 279 g/mol. The molecule has 0 fully saturated rings. The maximum absolute atomic E-state index is 9.32. The second-order valence-corrected chi connectivity index (χ2v) is 4.45. The van der Waals surface area contributed by atoms with Crippen LogP contribution in [-0.2, 0) is 6.54 Å². The van der Waals surface area contributed by atoms with Gasteiger partial charge in [0.05, 0.1) is 5.02 Å². The van der Waals surface area contributed by atoms with Crippen LogP contribution in [0.4, 0.5) is 0 Å². The van der Waals surface area contributed by atoms with Gasteiger partial charge in [0.25, 0.3) is 0 Å². The third-order valence-electron chi connectivity index (χ3n) is 2.47. The molecule has 0 aliphatic carbocycles. The Hall–Kier alpha value is -1.78. The van der Waals surface area contributed by atoms with Crippen LogP contribution in [0.5, 0.6) is 11.6 Å². The predicted molar refractivity (Wildman–Crippen MR) is 74.6 cm³/mol. The fourth-order valence-corrected chi connectivity index (χ4v) is 1.69. The third kappa shape index (κ3) is 4.77. The fraction of sp³-hybridized carbons (Fsp3) is 0.214. The molecule has 4 nitrogen and oxygen atoms in total. The maximum Gasteiger partial charge on any atom is 0.213 e. The topological polar surface area (TPSA) is 54.4 Å². The van der Waals surface area contributed by atoms with Crippen molar-refractivity contribution in [3.8, 4) is 11.6 Å². The van der Waals surface area contributed by atoms with Gasteiger partial charge in [-0.05, 0) is 23.8 Å². The van der Waals surface area contributed by atoms with Crippen molar-refractivity contribution in [3.63, 3.8) is 0 Å². The highest BCUT2D eigenvalue weighted by molar-refractivity contribution is 6.30. The average Bonchev–Trinajstić information content (AvgIpc) is 2.41. The molecule has 0 radical (unpaired) electrons. The molecule has 0 saturated carbocycles. The number of phenolic OH excluding ortho intramolecular Hbond substituents is 1. The molecule has 0 unspecified atom stereocenters. The van der Waals surface area contributed by atoms with Gasteiger partial charge in [-0.2, -0.15) is 0 Å². The number of rotatable bonds is 6. The van der Waals surface area contributed by atoms with Crippen LogP contribution < -0.4 is 10.1 Å². The first kappa shape index (κ1) is 13.6. The Morgan fingerprint density at radius 3 is 2.89 bits per heavy atom. The Morgan fingerprint density at radius 1 is 1.26 bits per heavy atom. The molecule has 2 rings (SSSR count). The Kier molecular flexibility index (Phi) is 5.01. The third-order valence-corrected chi connectivity index (χ3v) is 2.69. The number of nitrogens with zero attached hydrogens (tertiary/aromatic N) is 1. The molecule has 2 N–H and O–H groups in total. The number of pyridine rings is 1. The zero-order chi connectivity index (χ0) is 13.5. The molecule has 0 bridgehead atoms. The van der Waals surface area contributed by atoms with Crippen LogP contribution in [0.2, 0.25) is 5.02 Å². The molecule has 2 aromatic rings. The summed E-state index contributed by atoms with van der Waals surface area (Å²) in [6.07, 6.45) is 1.55. The standard InChI is InChI=1S/C14H15ClN2O2/c15-12-4-5-14(17-10-12)19-7-6-16-9-11-2-1-3-13(18)8-11/h1-5,8,10,16,18H,6-7,9H2. The Labute approximate surface area is 117 Å². The van der Waals surface area contributed by atoms with Crippen LogP contribution in [0, 0.1) is 0 Å². The number of hydrogen-bond donors (Lipinski definition) is 2. The molecule has 0 amide bonds. The highest BCUT2D eigenvalue weighted by atomic mass is 35.5. The Bertz CT molecular complexity index is 517. The summed E-state index contributed by atoms with van der Waals surface area (Å²) in [4.78, 5) is 4.03. The van der Waals surface area contributed by atoms with Gasteiger partial charge in [-0.1, -0.05) is 23.7 Å². The Balaban J connectivity index is 1.66. The van der Waals surface area contributed by atoms with Crippen LogP contribution in [-0.4, -0.2) is 23.2 Å². The second-order valence-electron chi connectivity index (χ2n) is 4.01. The number of aromatic nitrogens is 1.